The number of carbonyl (C=O) groups is 1. The molecule has 0 aliphatic rings. The summed E-state index contributed by atoms with van der Waals surface area (Å²) in [7, 11) is 0. The smallest absolute Gasteiger partial charge is 0.224 e. The van der Waals surface area contributed by atoms with Crippen LogP contribution in [0.1, 0.15) is 19.8 Å². The van der Waals surface area contributed by atoms with Crippen LogP contribution in [0.25, 0.3) is 0 Å². The van der Waals surface area contributed by atoms with Gasteiger partial charge >= 0.3 is 0 Å². The first-order chi connectivity index (χ1) is 7.49. The van der Waals surface area contributed by atoms with E-state index in [1.165, 1.54) is 0 Å². The Morgan fingerprint density at radius 1 is 1.62 bits per heavy atom. The van der Waals surface area contributed by atoms with Crippen LogP contribution in [0, 0.1) is 0 Å². The molecular formula is C11H13BrClNO2. The van der Waals surface area contributed by atoms with Gasteiger partial charge in [0.25, 0.3) is 0 Å². The first-order valence-corrected chi connectivity index (χ1v) is 6.09. The molecule has 1 aromatic rings. The van der Waals surface area contributed by atoms with E-state index in [2.05, 4.69) is 21.2 Å². The van der Waals surface area contributed by atoms with Crippen LogP contribution in [0.3, 0.4) is 0 Å². The number of benzene rings is 1. The maximum Gasteiger partial charge on any atom is 0.224 e. The number of nitrogens with one attached hydrogen (secondary N) is 1. The fraction of sp³-hybridized carbons (Fsp3) is 0.364. The topological polar surface area (TPSA) is 49.3 Å². The Bertz CT molecular complexity index is 382. The predicted octanol–water partition coefficient (Wildman–Crippen LogP) is 3.20. The molecule has 3 nitrogen and oxygen atoms in total. The summed E-state index contributed by atoms with van der Waals surface area (Å²) in [4.78, 5) is 11.5. The summed E-state index contributed by atoms with van der Waals surface area (Å²) in [6.07, 6.45) is 0.251. The summed E-state index contributed by atoms with van der Waals surface area (Å²) in [5.41, 5.74) is 0.576. The quantitative estimate of drug-likeness (QED) is 0.897. The number of amides is 1. The summed E-state index contributed by atoms with van der Waals surface area (Å²) >= 11 is 9.22. The van der Waals surface area contributed by atoms with Gasteiger partial charge in [0.05, 0.1) is 16.8 Å². The molecule has 0 saturated carbocycles. The van der Waals surface area contributed by atoms with Crippen LogP contribution in [-0.4, -0.2) is 17.1 Å². The second kappa shape index (κ2) is 6.23. The van der Waals surface area contributed by atoms with Crippen molar-refractivity contribution in [2.45, 2.75) is 25.9 Å². The van der Waals surface area contributed by atoms with Crippen LogP contribution in [0.4, 0.5) is 5.69 Å². The number of anilines is 1. The second-order valence-electron chi connectivity index (χ2n) is 3.56. The first-order valence-electron chi connectivity index (χ1n) is 4.92. The van der Waals surface area contributed by atoms with E-state index >= 15 is 0 Å². The summed E-state index contributed by atoms with van der Waals surface area (Å²) in [6.45, 7) is 1.65. The van der Waals surface area contributed by atoms with Crippen molar-refractivity contribution in [3.8, 4) is 0 Å². The second-order valence-corrected chi connectivity index (χ2v) is 4.88. The number of hydrogen-bond acceptors (Lipinski definition) is 2. The Balaban J connectivity index is 2.59. The maximum absolute atomic E-state index is 11.5. The van der Waals surface area contributed by atoms with Crippen molar-refractivity contribution in [1.29, 1.82) is 0 Å². The molecule has 0 aliphatic carbocycles. The molecule has 0 aliphatic heterocycles. The van der Waals surface area contributed by atoms with E-state index in [0.717, 1.165) is 4.47 Å². The lowest BCUT2D eigenvalue weighted by Crippen LogP contribution is -2.14. The maximum atomic E-state index is 11.5. The Labute approximate surface area is 108 Å². The lowest BCUT2D eigenvalue weighted by molar-refractivity contribution is -0.116. The molecule has 0 bridgehead atoms. The lowest BCUT2D eigenvalue weighted by atomic mass is 10.2. The molecule has 1 amide bonds. The highest BCUT2D eigenvalue weighted by atomic mass is 79.9. The van der Waals surface area contributed by atoms with Crippen molar-refractivity contribution in [2.24, 2.45) is 0 Å². The van der Waals surface area contributed by atoms with E-state index in [-0.39, 0.29) is 12.3 Å². The van der Waals surface area contributed by atoms with Gasteiger partial charge in [-0.15, -0.1) is 0 Å². The highest BCUT2D eigenvalue weighted by Crippen LogP contribution is 2.25. The van der Waals surface area contributed by atoms with E-state index in [1.807, 2.05) is 0 Å². The molecule has 2 N–H and O–H groups in total. The molecule has 0 heterocycles. The van der Waals surface area contributed by atoms with Gasteiger partial charge in [0.1, 0.15) is 0 Å². The number of halogens is 2. The minimum atomic E-state index is -0.469. The summed E-state index contributed by atoms with van der Waals surface area (Å²) in [5.74, 6) is -0.152. The molecule has 0 saturated heterocycles. The van der Waals surface area contributed by atoms with Crippen molar-refractivity contribution in [3.05, 3.63) is 27.7 Å². The third-order valence-corrected chi connectivity index (χ3v) is 2.81. The molecule has 0 spiro atoms. The van der Waals surface area contributed by atoms with Crippen molar-refractivity contribution >= 4 is 39.1 Å². The predicted molar refractivity (Wildman–Crippen MR) is 68.7 cm³/mol. The molecule has 1 unspecified atom stereocenters. The highest BCUT2D eigenvalue weighted by Gasteiger charge is 2.07. The van der Waals surface area contributed by atoms with Gasteiger partial charge in [-0.05, 0) is 31.5 Å². The van der Waals surface area contributed by atoms with Crippen molar-refractivity contribution in [2.75, 3.05) is 5.32 Å². The van der Waals surface area contributed by atoms with E-state index in [9.17, 15) is 4.79 Å². The Hall–Kier alpha value is -0.580. The molecule has 0 aromatic heterocycles. The van der Waals surface area contributed by atoms with E-state index in [0.29, 0.717) is 17.1 Å². The van der Waals surface area contributed by atoms with Crippen molar-refractivity contribution < 1.29 is 9.90 Å². The fourth-order valence-corrected chi connectivity index (χ4v) is 1.67. The van der Waals surface area contributed by atoms with Gasteiger partial charge in [0, 0.05) is 10.9 Å². The summed E-state index contributed by atoms with van der Waals surface area (Å²) in [6, 6.07) is 5.24. The molecule has 1 rings (SSSR count). The number of aliphatic hydroxyl groups is 1. The van der Waals surface area contributed by atoms with E-state index < -0.39 is 6.10 Å². The Morgan fingerprint density at radius 2 is 2.31 bits per heavy atom. The average Bonchev–Trinajstić information content (AvgIpc) is 2.20. The van der Waals surface area contributed by atoms with Gasteiger partial charge in [-0.2, -0.15) is 0 Å². The lowest BCUT2D eigenvalue weighted by Gasteiger charge is -2.08. The zero-order valence-electron chi connectivity index (χ0n) is 8.84. The van der Waals surface area contributed by atoms with E-state index in [4.69, 9.17) is 16.7 Å². The van der Waals surface area contributed by atoms with Gasteiger partial charge in [-0.3, -0.25) is 4.79 Å². The van der Waals surface area contributed by atoms with Crippen LogP contribution < -0.4 is 5.32 Å². The van der Waals surface area contributed by atoms with Gasteiger partial charge in [0.15, 0.2) is 0 Å². The minimum absolute atomic E-state index is 0.152. The Morgan fingerprint density at radius 3 is 2.94 bits per heavy atom. The third kappa shape index (κ3) is 4.51. The molecule has 1 atom stereocenters. The minimum Gasteiger partial charge on any atom is -0.393 e. The number of hydrogen-bond donors (Lipinski definition) is 2. The van der Waals surface area contributed by atoms with Crippen LogP contribution in [0.15, 0.2) is 22.7 Å². The molecule has 0 radical (unpaired) electrons. The number of carbonyl (C=O) groups excluding carboxylic acids is 1. The van der Waals surface area contributed by atoms with Crippen molar-refractivity contribution in [3.63, 3.8) is 0 Å². The monoisotopic (exact) mass is 305 g/mol. The molecule has 5 heteroatoms. The van der Waals surface area contributed by atoms with Gasteiger partial charge in [-0.25, -0.2) is 0 Å². The highest BCUT2D eigenvalue weighted by molar-refractivity contribution is 9.10. The zero-order valence-corrected chi connectivity index (χ0v) is 11.2. The van der Waals surface area contributed by atoms with Crippen LogP contribution in [0.5, 0.6) is 0 Å². The van der Waals surface area contributed by atoms with E-state index in [1.54, 1.807) is 25.1 Å². The molecule has 1 aromatic carbocycles. The molecule has 88 valence electrons. The summed E-state index contributed by atoms with van der Waals surface area (Å²) in [5, 5.41) is 12.2. The Kier molecular flexibility index (Phi) is 5.25. The van der Waals surface area contributed by atoms with Gasteiger partial charge in [-0.1, -0.05) is 27.5 Å². The van der Waals surface area contributed by atoms with Crippen molar-refractivity contribution in [1.82, 2.24) is 0 Å². The standard InChI is InChI=1S/C11H13BrClNO2/c1-7(15)2-5-11(16)14-10-6-8(12)3-4-9(10)13/h3-4,6-7,15H,2,5H2,1H3,(H,14,16). The molecular weight excluding hydrogens is 293 g/mol. The average molecular weight is 307 g/mol. The van der Waals surface area contributed by atoms with Gasteiger partial charge in [0.2, 0.25) is 5.91 Å². The molecule has 16 heavy (non-hydrogen) atoms. The molecule has 0 fully saturated rings. The third-order valence-electron chi connectivity index (χ3n) is 1.99. The van der Waals surface area contributed by atoms with Crippen LogP contribution in [-0.2, 0) is 4.79 Å². The fourth-order valence-electron chi connectivity index (χ4n) is 1.15. The number of aliphatic hydroxyl groups excluding tert-OH is 1. The van der Waals surface area contributed by atoms with Gasteiger partial charge < -0.3 is 10.4 Å². The number of rotatable bonds is 4. The summed E-state index contributed by atoms with van der Waals surface area (Å²) < 4.78 is 0.850. The van der Waals surface area contributed by atoms with Crippen LogP contribution in [0.2, 0.25) is 5.02 Å². The van der Waals surface area contributed by atoms with Crippen LogP contribution >= 0.6 is 27.5 Å². The SMILES string of the molecule is CC(O)CCC(=O)Nc1cc(Br)ccc1Cl. The first kappa shape index (κ1) is 13.5. The normalized spacial score (nSPS) is 12.2. The zero-order chi connectivity index (χ0) is 12.1. The largest absolute Gasteiger partial charge is 0.393 e.